The summed E-state index contributed by atoms with van der Waals surface area (Å²) >= 11 is 3.48. The van der Waals surface area contributed by atoms with Crippen LogP contribution in [0.5, 0.6) is 0 Å². The van der Waals surface area contributed by atoms with E-state index in [1.165, 1.54) is 34.8 Å². The van der Waals surface area contributed by atoms with Crippen LogP contribution in [-0.4, -0.2) is 30.4 Å². The minimum atomic E-state index is 0.112. The largest absolute Gasteiger partial charge is 0.378 e. The van der Waals surface area contributed by atoms with Crippen LogP contribution in [0.25, 0.3) is 0 Å². The number of nitrogens with one attached hydrogen (secondary N) is 2. The summed E-state index contributed by atoms with van der Waals surface area (Å²) < 4.78 is 7.27. The smallest absolute Gasteiger partial charge is 0.234 e. The molecule has 2 aliphatic carbocycles. The number of hydrogen-bond donors (Lipinski definition) is 2. The summed E-state index contributed by atoms with van der Waals surface area (Å²) in [6.07, 6.45) is 6.86. The number of hydrogen-bond acceptors (Lipinski definition) is 5. The lowest BCUT2D eigenvalue weighted by atomic mass is 9.60. The van der Waals surface area contributed by atoms with Crippen LogP contribution in [0.15, 0.2) is 10.3 Å². The molecular formula is C18H26N2O2S2. The molecule has 2 N–H and O–H groups in total. The number of thiophene rings is 1. The molecule has 2 heterocycles. The minimum absolute atomic E-state index is 0.112. The fourth-order valence-corrected chi connectivity index (χ4v) is 6.78. The molecule has 1 spiro atoms. The zero-order valence-electron chi connectivity index (χ0n) is 14.4. The van der Waals surface area contributed by atoms with Crippen molar-refractivity contribution in [2.24, 2.45) is 5.41 Å². The number of carbonyl (C=O) groups excluding carboxylic acids is 1. The lowest BCUT2D eigenvalue weighted by molar-refractivity contribution is -0.132. The molecule has 24 heavy (non-hydrogen) atoms. The van der Waals surface area contributed by atoms with Gasteiger partial charge in [0.2, 0.25) is 5.91 Å². The van der Waals surface area contributed by atoms with Crippen LogP contribution >= 0.6 is 23.1 Å². The van der Waals surface area contributed by atoms with Gasteiger partial charge in [0.1, 0.15) is 0 Å². The van der Waals surface area contributed by atoms with Crippen LogP contribution < -0.4 is 10.6 Å². The van der Waals surface area contributed by atoms with E-state index in [4.69, 9.17) is 4.74 Å². The van der Waals surface area contributed by atoms with E-state index in [0.717, 1.165) is 18.7 Å². The van der Waals surface area contributed by atoms with Crippen LogP contribution in [0.1, 0.15) is 56.9 Å². The van der Waals surface area contributed by atoms with Crippen LogP contribution in [0.4, 0.5) is 5.69 Å². The molecule has 4 rings (SSSR count). The normalized spacial score (nSPS) is 29.2. The Labute approximate surface area is 152 Å². The zero-order valence-corrected chi connectivity index (χ0v) is 16.0. The van der Waals surface area contributed by atoms with Crippen molar-refractivity contribution < 1.29 is 9.53 Å². The number of amides is 1. The van der Waals surface area contributed by atoms with Crippen molar-refractivity contribution in [3.05, 3.63) is 10.9 Å². The molecule has 0 saturated heterocycles. The highest BCUT2D eigenvalue weighted by atomic mass is 32.2. The predicted molar refractivity (Wildman–Crippen MR) is 99.9 cm³/mol. The molecule has 2 fully saturated rings. The monoisotopic (exact) mass is 366 g/mol. The van der Waals surface area contributed by atoms with Crippen LogP contribution in [-0.2, 0) is 9.53 Å². The zero-order chi connectivity index (χ0) is 16.7. The molecule has 1 aromatic heterocycles. The second-order valence-corrected chi connectivity index (χ2v) is 9.58. The van der Waals surface area contributed by atoms with Crippen LogP contribution in [0, 0.1) is 5.41 Å². The highest BCUT2D eigenvalue weighted by Crippen LogP contribution is 2.55. The van der Waals surface area contributed by atoms with Crippen molar-refractivity contribution in [2.75, 3.05) is 17.7 Å². The molecule has 132 valence electrons. The van der Waals surface area contributed by atoms with E-state index in [1.54, 1.807) is 11.8 Å². The van der Waals surface area contributed by atoms with Gasteiger partial charge in [-0.3, -0.25) is 4.79 Å². The van der Waals surface area contributed by atoms with Crippen LogP contribution in [0.3, 0.4) is 0 Å². The maximum absolute atomic E-state index is 11.5. The highest BCUT2D eigenvalue weighted by Gasteiger charge is 2.56. The molecule has 4 nitrogen and oxygen atoms in total. The number of rotatable bonds is 5. The van der Waals surface area contributed by atoms with Gasteiger partial charge >= 0.3 is 0 Å². The first-order valence-corrected chi connectivity index (χ1v) is 10.9. The molecule has 3 atom stereocenters. The maximum atomic E-state index is 11.5. The number of anilines is 1. The quantitative estimate of drug-likeness (QED) is 0.821. The van der Waals surface area contributed by atoms with E-state index in [9.17, 15) is 4.79 Å². The Bertz CT molecular complexity index is 625. The van der Waals surface area contributed by atoms with E-state index in [2.05, 4.69) is 30.5 Å². The lowest BCUT2D eigenvalue weighted by Crippen LogP contribution is -2.62. The summed E-state index contributed by atoms with van der Waals surface area (Å²) in [5.74, 6) is 0.650. The van der Waals surface area contributed by atoms with Gasteiger partial charge in [-0.1, -0.05) is 12.8 Å². The summed E-state index contributed by atoms with van der Waals surface area (Å²) in [6, 6.07) is 3.04. The first-order valence-electron chi connectivity index (χ1n) is 9.06. The summed E-state index contributed by atoms with van der Waals surface area (Å²) in [4.78, 5) is 12.9. The number of fused-ring (bicyclic) bond motifs is 1. The van der Waals surface area contributed by atoms with Crippen molar-refractivity contribution >= 4 is 34.7 Å². The van der Waals surface area contributed by atoms with Crippen molar-refractivity contribution in [3.63, 3.8) is 0 Å². The Hall–Kier alpha value is -0.560. The van der Waals surface area contributed by atoms with Gasteiger partial charge in [0.15, 0.2) is 0 Å². The fourth-order valence-electron chi connectivity index (χ4n) is 4.62. The number of carbonyl (C=O) groups is 1. The highest BCUT2D eigenvalue weighted by molar-refractivity contribution is 8.02. The van der Waals surface area contributed by atoms with E-state index < -0.39 is 0 Å². The van der Waals surface area contributed by atoms with Gasteiger partial charge in [0.05, 0.1) is 21.8 Å². The van der Waals surface area contributed by atoms with E-state index >= 15 is 0 Å². The minimum Gasteiger partial charge on any atom is -0.378 e. The third-order valence-electron chi connectivity index (χ3n) is 5.89. The molecule has 1 amide bonds. The Balaban J connectivity index is 1.45. The molecule has 0 aromatic carbocycles. The topological polar surface area (TPSA) is 50.4 Å². The van der Waals surface area contributed by atoms with Crippen molar-refractivity contribution in [2.45, 2.75) is 68.3 Å². The lowest BCUT2D eigenvalue weighted by Gasteiger charge is -2.55. The third kappa shape index (κ3) is 2.81. The summed E-state index contributed by atoms with van der Waals surface area (Å²) in [7, 11) is 0. The molecule has 2 saturated carbocycles. The van der Waals surface area contributed by atoms with Crippen LogP contribution in [0.2, 0.25) is 0 Å². The predicted octanol–water partition coefficient (Wildman–Crippen LogP) is 4.18. The second kappa shape index (κ2) is 6.63. The summed E-state index contributed by atoms with van der Waals surface area (Å²) in [6.45, 7) is 5.18. The Kier molecular flexibility index (Phi) is 4.67. The van der Waals surface area contributed by atoms with Crippen molar-refractivity contribution in [1.29, 1.82) is 0 Å². The molecule has 6 heteroatoms. The maximum Gasteiger partial charge on any atom is 0.234 e. The summed E-state index contributed by atoms with van der Waals surface area (Å²) in [5.41, 5.74) is 1.37. The SMILES string of the molecule is CCO[C@@H]1C[C@H](N[C@H](C)c2cc3c(s2)SCC(=O)N3)C12CCCC2. The average Bonchev–Trinajstić information content (AvgIpc) is 3.21. The van der Waals surface area contributed by atoms with Crippen molar-refractivity contribution in [1.82, 2.24) is 5.32 Å². The Morgan fingerprint density at radius 2 is 2.25 bits per heavy atom. The number of ether oxygens (including phenoxy) is 1. The molecule has 1 aliphatic heterocycles. The summed E-state index contributed by atoms with van der Waals surface area (Å²) in [5, 5.41) is 6.87. The van der Waals surface area contributed by atoms with E-state index in [-0.39, 0.29) is 5.91 Å². The van der Waals surface area contributed by atoms with Gasteiger partial charge in [0.25, 0.3) is 0 Å². The van der Waals surface area contributed by atoms with E-state index in [1.807, 2.05) is 11.3 Å². The van der Waals surface area contributed by atoms with E-state index in [0.29, 0.717) is 29.4 Å². The number of thioether (sulfide) groups is 1. The molecule has 3 aliphatic rings. The Morgan fingerprint density at radius 3 is 3.00 bits per heavy atom. The first-order chi connectivity index (χ1) is 11.6. The second-order valence-electron chi connectivity index (χ2n) is 7.25. The van der Waals surface area contributed by atoms with Gasteiger partial charge in [-0.15, -0.1) is 23.1 Å². The average molecular weight is 367 g/mol. The van der Waals surface area contributed by atoms with Gasteiger partial charge < -0.3 is 15.4 Å². The van der Waals surface area contributed by atoms with Crippen molar-refractivity contribution in [3.8, 4) is 0 Å². The molecule has 1 aromatic rings. The molecular weight excluding hydrogens is 340 g/mol. The standard InChI is InChI=1S/C18H26N2O2S2/c1-3-22-15-9-14(18(15)6-4-5-7-18)19-11(2)13-8-12-17(24-13)23-10-16(21)20-12/h8,11,14-15,19H,3-7,9-10H2,1-2H3,(H,20,21)/t11-,14+,15-/m1/s1. The Morgan fingerprint density at radius 1 is 1.46 bits per heavy atom. The van der Waals surface area contributed by atoms with Gasteiger partial charge in [-0.25, -0.2) is 0 Å². The van der Waals surface area contributed by atoms with Gasteiger partial charge in [-0.2, -0.15) is 0 Å². The molecule has 0 unspecified atom stereocenters. The first kappa shape index (κ1) is 16.9. The fraction of sp³-hybridized carbons (Fsp3) is 0.722. The molecule has 0 bridgehead atoms. The van der Waals surface area contributed by atoms with Gasteiger partial charge in [0, 0.05) is 29.0 Å². The molecule has 0 radical (unpaired) electrons. The van der Waals surface area contributed by atoms with Gasteiger partial charge in [-0.05, 0) is 39.2 Å². The third-order valence-corrected chi connectivity index (χ3v) is 8.50.